The van der Waals surface area contributed by atoms with Crippen LogP contribution < -0.4 is 5.73 Å². The minimum absolute atomic E-state index is 0.742. The molecule has 1 heterocycles. The molecule has 78 valence electrons. The number of anilines is 1. The highest BCUT2D eigenvalue weighted by Gasteiger charge is 2.02. The van der Waals surface area contributed by atoms with E-state index in [0.717, 1.165) is 22.0 Å². The summed E-state index contributed by atoms with van der Waals surface area (Å²) in [6.45, 7) is 0. The maximum atomic E-state index is 5.92. The summed E-state index contributed by atoms with van der Waals surface area (Å²) in [6.07, 6.45) is 0. The third-order valence-electron chi connectivity index (χ3n) is 1.97. The third kappa shape index (κ3) is 2.91. The van der Waals surface area contributed by atoms with Crippen LogP contribution >= 0.6 is 34.7 Å². The van der Waals surface area contributed by atoms with Gasteiger partial charge in [-0.2, -0.15) is 0 Å². The molecule has 2 aromatic rings. The van der Waals surface area contributed by atoms with E-state index in [2.05, 4.69) is 11.4 Å². The van der Waals surface area contributed by atoms with E-state index in [4.69, 9.17) is 17.3 Å². The highest BCUT2D eigenvalue weighted by atomic mass is 35.5. The Balaban J connectivity index is 2.07. The monoisotopic (exact) mass is 255 g/mol. The van der Waals surface area contributed by atoms with Crippen molar-refractivity contribution >= 4 is 40.4 Å². The summed E-state index contributed by atoms with van der Waals surface area (Å²) in [4.78, 5) is 0. The molecule has 0 bridgehead atoms. The largest absolute Gasteiger partial charge is 0.398 e. The number of benzene rings is 1. The van der Waals surface area contributed by atoms with Gasteiger partial charge >= 0.3 is 0 Å². The van der Waals surface area contributed by atoms with Gasteiger partial charge in [-0.05, 0) is 35.2 Å². The predicted molar refractivity (Wildman–Crippen MR) is 69.7 cm³/mol. The van der Waals surface area contributed by atoms with E-state index in [1.807, 2.05) is 24.3 Å². The fourth-order valence-corrected chi connectivity index (χ4v) is 3.18. The number of nitrogen functional groups attached to an aromatic ring is 1. The molecule has 0 amide bonds. The van der Waals surface area contributed by atoms with Crippen molar-refractivity contribution < 1.29 is 0 Å². The molecule has 0 radical (unpaired) electrons. The molecule has 0 aliphatic heterocycles. The standard InChI is InChI=1S/C11H10ClNS2/c12-9-3-4-10(13)8(6-9)7-15-11-2-1-5-14-11/h1-6H,7,13H2. The van der Waals surface area contributed by atoms with Crippen LogP contribution in [0.25, 0.3) is 0 Å². The van der Waals surface area contributed by atoms with Crippen LogP contribution in [0.4, 0.5) is 5.69 Å². The Kier molecular flexibility index (Phi) is 3.57. The minimum atomic E-state index is 0.742. The first-order valence-corrected chi connectivity index (χ1v) is 6.70. The molecule has 1 aromatic heterocycles. The summed E-state index contributed by atoms with van der Waals surface area (Å²) in [5.41, 5.74) is 7.77. The quantitative estimate of drug-likeness (QED) is 0.655. The second kappa shape index (κ2) is 4.92. The van der Waals surface area contributed by atoms with Gasteiger partial charge in [0, 0.05) is 16.5 Å². The van der Waals surface area contributed by atoms with Crippen molar-refractivity contribution in [3.63, 3.8) is 0 Å². The Labute approximate surface area is 102 Å². The normalized spacial score (nSPS) is 10.5. The Morgan fingerprint density at radius 2 is 2.20 bits per heavy atom. The number of thioether (sulfide) groups is 1. The number of nitrogens with two attached hydrogens (primary N) is 1. The predicted octanol–water partition coefficient (Wildman–Crippen LogP) is 4.28. The van der Waals surface area contributed by atoms with Gasteiger partial charge in [0.15, 0.2) is 0 Å². The average Bonchev–Trinajstić information content (AvgIpc) is 2.72. The molecule has 0 unspecified atom stereocenters. The number of halogens is 1. The van der Waals surface area contributed by atoms with Crippen LogP contribution in [0, 0.1) is 0 Å². The van der Waals surface area contributed by atoms with Crippen molar-refractivity contribution in [2.24, 2.45) is 0 Å². The minimum Gasteiger partial charge on any atom is -0.398 e. The molecule has 0 spiro atoms. The smallest absolute Gasteiger partial charge is 0.0601 e. The highest BCUT2D eigenvalue weighted by Crippen LogP contribution is 2.29. The fourth-order valence-electron chi connectivity index (χ4n) is 1.19. The zero-order valence-corrected chi connectivity index (χ0v) is 10.3. The molecule has 0 aliphatic carbocycles. The molecular formula is C11H10ClNS2. The van der Waals surface area contributed by atoms with Crippen molar-refractivity contribution in [2.45, 2.75) is 9.96 Å². The molecule has 0 saturated heterocycles. The summed E-state index contributed by atoms with van der Waals surface area (Å²) >= 11 is 9.44. The molecule has 4 heteroatoms. The lowest BCUT2D eigenvalue weighted by Gasteiger charge is -2.04. The molecule has 1 nitrogen and oxygen atoms in total. The summed E-state index contributed by atoms with van der Waals surface area (Å²) < 4.78 is 1.30. The van der Waals surface area contributed by atoms with Crippen LogP contribution in [0.5, 0.6) is 0 Å². The zero-order valence-electron chi connectivity index (χ0n) is 7.94. The number of hydrogen-bond acceptors (Lipinski definition) is 3. The first kappa shape index (κ1) is 10.9. The van der Waals surface area contributed by atoms with E-state index in [-0.39, 0.29) is 0 Å². The molecule has 0 fully saturated rings. The Morgan fingerprint density at radius 1 is 1.33 bits per heavy atom. The van der Waals surface area contributed by atoms with E-state index in [9.17, 15) is 0 Å². The van der Waals surface area contributed by atoms with Crippen molar-refractivity contribution in [3.8, 4) is 0 Å². The molecule has 2 rings (SSSR count). The second-order valence-corrected chi connectivity index (χ2v) is 5.72. The van der Waals surface area contributed by atoms with E-state index in [1.54, 1.807) is 23.1 Å². The van der Waals surface area contributed by atoms with Crippen LogP contribution in [-0.2, 0) is 5.75 Å². The van der Waals surface area contributed by atoms with Crippen LogP contribution in [0.2, 0.25) is 5.02 Å². The van der Waals surface area contributed by atoms with Gasteiger partial charge in [0.2, 0.25) is 0 Å². The lowest BCUT2D eigenvalue weighted by atomic mass is 10.2. The Morgan fingerprint density at radius 3 is 2.93 bits per heavy atom. The van der Waals surface area contributed by atoms with Gasteiger partial charge in [0.25, 0.3) is 0 Å². The lowest BCUT2D eigenvalue weighted by molar-refractivity contribution is 1.41. The van der Waals surface area contributed by atoms with Gasteiger partial charge < -0.3 is 5.73 Å². The summed E-state index contributed by atoms with van der Waals surface area (Å²) in [5, 5.41) is 2.81. The van der Waals surface area contributed by atoms with Gasteiger partial charge in [-0.3, -0.25) is 0 Å². The molecule has 0 atom stereocenters. The van der Waals surface area contributed by atoms with Crippen molar-refractivity contribution in [1.82, 2.24) is 0 Å². The van der Waals surface area contributed by atoms with Crippen LogP contribution in [0.3, 0.4) is 0 Å². The molecule has 1 aromatic carbocycles. The highest BCUT2D eigenvalue weighted by molar-refractivity contribution is 8.00. The number of thiophene rings is 1. The van der Waals surface area contributed by atoms with Crippen LogP contribution in [0.1, 0.15) is 5.56 Å². The van der Waals surface area contributed by atoms with Gasteiger partial charge in [0.05, 0.1) is 4.21 Å². The lowest BCUT2D eigenvalue weighted by Crippen LogP contribution is -1.91. The summed E-state index contributed by atoms with van der Waals surface area (Å²) in [7, 11) is 0. The Hall–Kier alpha value is -0.640. The van der Waals surface area contributed by atoms with Crippen LogP contribution in [0.15, 0.2) is 39.9 Å². The van der Waals surface area contributed by atoms with E-state index >= 15 is 0 Å². The SMILES string of the molecule is Nc1ccc(Cl)cc1CSc1cccs1. The second-order valence-electron chi connectivity index (χ2n) is 3.06. The topological polar surface area (TPSA) is 26.0 Å². The van der Waals surface area contributed by atoms with E-state index in [1.165, 1.54) is 4.21 Å². The third-order valence-corrected chi connectivity index (χ3v) is 4.38. The maximum Gasteiger partial charge on any atom is 0.0601 e. The van der Waals surface area contributed by atoms with Gasteiger partial charge in [0.1, 0.15) is 0 Å². The first-order valence-electron chi connectivity index (χ1n) is 4.46. The molecular weight excluding hydrogens is 246 g/mol. The van der Waals surface area contributed by atoms with Crippen molar-refractivity contribution in [1.29, 1.82) is 0 Å². The molecule has 15 heavy (non-hydrogen) atoms. The van der Waals surface area contributed by atoms with Gasteiger partial charge in [-0.15, -0.1) is 23.1 Å². The van der Waals surface area contributed by atoms with Gasteiger partial charge in [-0.25, -0.2) is 0 Å². The molecule has 0 aliphatic rings. The number of rotatable bonds is 3. The summed E-state index contributed by atoms with van der Waals surface area (Å²) in [5.74, 6) is 0.868. The molecule has 0 saturated carbocycles. The summed E-state index contributed by atoms with van der Waals surface area (Å²) in [6, 6.07) is 9.75. The van der Waals surface area contributed by atoms with Crippen LogP contribution in [-0.4, -0.2) is 0 Å². The zero-order chi connectivity index (χ0) is 10.7. The first-order chi connectivity index (χ1) is 7.25. The van der Waals surface area contributed by atoms with Crippen molar-refractivity contribution in [2.75, 3.05) is 5.73 Å². The molecule has 2 N–H and O–H groups in total. The Bertz CT molecular complexity index is 440. The van der Waals surface area contributed by atoms with E-state index < -0.39 is 0 Å². The van der Waals surface area contributed by atoms with Crippen molar-refractivity contribution in [3.05, 3.63) is 46.3 Å². The average molecular weight is 256 g/mol. The maximum absolute atomic E-state index is 5.92. The van der Waals surface area contributed by atoms with E-state index in [0.29, 0.717) is 0 Å². The fraction of sp³-hybridized carbons (Fsp3) is 0.0909. The number of hydrogen-bond donors (Lipinski definition) is 1. The van der Waals surface area contributed by atoms with Gasteiger partial charge in [-0.1, -0.05) is 17.7 Å².